The summed E-state index contributed by atoms with van der Waals surface area (Å²) in [6, 6.07) is 7.33. The standard InChI is InChI=1S/C9H8O2S4/c10-14(8-3-1-5-12-8)7-15(11)9-4-2-6-13-9/h1-6H,7H2. The molecule has 6 heteroatoms. The van der Waals surface area contributed by atoms with E-state index in [0.717, 1.165) is 8.42 Å². The van der Waals surface area contributed by atoms with Crippen LogP contribution >= 0.6 is 22.7 Å². The second kappa shape index (κ2) is 5.16. The molecule has 0 amide bonds. The summed E-state index contributed by atoms with van der Waals surface area (Å²) in [6.45, 7) is 0. The highest BCUT2D eigenvalue weighted by molar-refractivity contribution is 8.03. The monoisotopic (exact) mass is 276 g/mol. The summed E-state index contributed by atoms with van der Waals surface area (Å²) in [7, 11) is -2.28. The fourth-order valence-corrected chi connectivity index (χ4v) is 6.12. The zero-order chi connectivity index (χ0) is 10.7. The molecule has 2 atom stereocenters. The molecule has 0 saturated heterocycles. The van der Waals surface area contributed by atoms with Gasteiger partial charge in [0.05, 0.1) is 30.0 Å². The van der Waals surface area contributed by atoms with E-state index in [1.807, 2.05) is 35.0 Å². The van der Waals surface area contributed by atoms with E-state index in [1.54, 1.807) is 0 Å². The zero-order valence-electron chi connectivity index (χ0n) is 7.62. The average molecular weight is 276 g/mol. The number of rotatable bonds is 4. The van der Waals surface area contributed by atoms with E-state index >= 15 is 0 Å². The first-order valence-electron chi connectivity index (χ1n) is 4.11. The summed E-state index contributed by atoms with van der Waals surface area (Å²) in [6.07, 6.45) is 0. The minimum atomic E-state index is -1.14. The van der Waals surface area contributed by atoms with Crippen LogP contribution in [0.4, 0.5) is 0 Å². The molecule has 0 bridgehead atoms. The van der Waals surface area contributed by atoms with Crippen LogP contribution < -0.4 is 0 Å². The Kier molecular flexibility index (Phi) is 3.85. The normalized spacial score (nSPS) is 14.9. The Bertz CT molecular complexity index is 414. The average Bonchev–Trinajstić information content (AvgIpc) is 2.91. The molecule has 0 N–H and O–H groups in total. The Hall–Kier alpha value is -0.300. The molecule has 0 fully saturated rings. The van der Waals surface area contributed by atoms with Crippen LogP contribution in [0.25, 0.3) is 0 Å². The van der Waals surface area contributed by atoms with Crippen LogP contribution in [-0.2, 0) is 21.6 Å². The highest BCUT2D eigenvalue weighted by Gasteiger charge is 2.11. The van der Waals surface area contributed by atoms with Gasteiger partial charge >= 0.3 is 0 Å². The molecule has 15 heavy (non-hydrogen) atoms. The Morgan fingerprint density at radius 1 is 0.933 bits per heavy atom. The van der Waals surface area contributed by atoms with Crippen LogP contribution in [0, 0.1) is 0 Å². The van der Waals surface area contributed by atoms with Crippen molar-refractivity contribution in [2.75, 3.05) is 5.08 Å². The molecule has 2 aromatic heterocycles. The number of hydrogen-bond donors (Lipinski definition) is 0. The van der Waals surface area contributed by atoms with Gasteiger partial charge < -0.3 is 0 Å². The van der Waals surface area contributed by atoms with Crippen molar-refractivity contribution in [1.82, 2.24) is 0 Å². The van der Waals surface area contributed by atoms with Gasteiger partial charge in [-0.2, -0.15) is 0 Å². The van der Waals surface area contributed by atoms with Crippen molar-refractivity contribution in [3.63, 3.8) is 0 Å². The third-order valence-corrected chi connectivity index (χ3v) is 7.55. The van der Waals surface area contributed by atoms with Crippen LogP contribution in [0.15, 0.2) is 43.4 Å². The second-order valence-electron chi connectivity index (χ2n) is 2.67. The van der Waals surface area contributed by atoms with Gasteiger partial charge in [0.2, 0.25) is 0 Å². The molecule has 2 aromatic rings. The SMILES string of the molecule is O=S(CS(=O)c1cccs1)c1cccs1. The Morgan fingerprint density at radius 3 is 1.73 bits per heavy atom. The van der Waals surface area contributed by atoms with Gasteiger partial charge in [0.1, 0.15) is 5.08 Å². The molecule has 0 radical (unpaired) electrons. The highest BCUT2D eigenvalue weighted by atomic mass is 32.3. The van der Waals surface area contributed by atoms with Crippen molar-refractivity contribution >= 4 is 44.3 Å². The van der Waals surface area contributed by atoms with Crippen LogP contribution in [0.2, 0.25) is 0 Å². The van der Waals surface area contributed by atoms with Gasteiger partial charge in [0.15, 0.2) is 0 Å². The number of thiophene rings is 2. The van der Waals surface area contributed by atoms with Crippen LogP contribution in [0.1, 0.15) is 0 Å². The molecular formula is C9H8O2S4. The first kappa shape index (κ1) is 11.2. The van der Waals surface area contributed by atoms with Crippen molar-refractivity contribution < 1.29 is 8.42 Å². The fourth-order valence-electron chi connectivity index (χ4n) is 0.999. The van der Waals surface area contributed by atoms with E-state index in [0.29, 0.717) is 0 Å². The Labute approximate surface area is 101 Å². The van der Waals surface area contributed by atoms with Gasteiger partial charge in [0, 0.05) is 0 Å². The van der Waals surface area contributed by atoms with Gasteiger partial charge in [-0.1, -0.05) is 12.1 Å². The van der Waals surface area contributed by atoms with Crippen molar-refractivity contribution in [1.29, 1.82) is 0 Å². The van der Waals surface area contributed by atoms with E-state index in [-0.39, 0.29) is 5.08 Å². The summed E-state index contributed by atoms with van der Waals surface area (Å²) < 4.78 is 25.1. The lowest BCUT2D eigenvalue weighted by molar-refractivity contribution is 0.681. The first-order chi connectivity index (χ1) is 7.27. The summed E-state index contributed by atoms with van der Waals surface area (Å²) in [5, 5.41) is 3.95. The molecule has 0 aliphatic carbocycles. The zero-order valence-corrected chi connectivity index (χ0v) is 10.9. The predicted octanol–water partition coefficient (Wildman–Crippen LogP) is 2.68. The lowest BCUT2D eigenvalue weighted by Crippen LogP contribution is -2.02. The van der Waals surface area contributed by atoms with E-state index < -0.39 is 21.6 Å². The molecule has 0 aromatic carbocycles. The largest absolute Gasteiger partial charge is 0.253 e. The van der Waals surface area contributed by atoms with Crippen LogP contribution in [0.5, 0.6) is 0 Å². The summed E-state index contributed by atoms with van der Waals surface area (Å²) in [4.78, 5) is 0. The van der Waals surface area contributed by atoms with E-state index in [2.05, 4.69) is 0 Å². The molecule has 0 aliphatic rings. The van der Waals surface area contributed by atoms with E-state index in [1.165, 1.54) is 22.7 Å². The molecule has 2 heterocycles. The van der Waals surface area contributed by atoms with Crippen molar-refractivity contribution in [2.45, 2.75) is 8.42 Å². The lowest BCUT2D eigenvalue weighted by Gasteiger charge is -1.97. The minimum Gasteiger partial charge on any atom is -0.253 e. The molecule has 2 unspecified atom stereocenters. The Morgan fingerprint density at radius 2 is 1.40 bits per heavy atom. The maximum absolute atomic E-state index is 11.7. The molecular weight excluding hydrogens is 268 g/mol. The first-order valence-corrected chi connectivity index (χ1v) is 8.51. The summed E-state index contributed by atoms with van der Waals surface area (Å²) >= 11 is 2.88. The summed E-state index contributed by atoms with van der Waals surface area (Å²) in [5.41, 5.74) is 0. The second-order valence-corrected chi connectivity index (χ2v) is 8.29. The molecule has 80 valence electrons. The van der Waals surface area contributed by atoms with Crippen molar-refractivity contribution in [3.05, 3.63) is 35.0 Å². The third kappa shape index (κ3) is 2.84. The predicted molar refractivity (Wildman–Crippen MR) is 66.3 cm³/mol. The van der Waals surface area contributed by atoms with Crippen molar-refractivity contribution in [2.24, 2.45) is 0 Å². The fraction of sp³-hybridized carbons (Fsp3) is 0.111. The minimum absolute atomic E-state index is 0.195. The number of hydrogen-bond acceptors (Lipinski definition) is 4. The molecule has 2 rings (SSSR count). The topological polar surface area (TPSA) is 34.1 Å². The lowest BCUT2D eigenvalue weighted by atomic mass is 10.7. The Balaban J connectivity index is 2.04. The van der Waals surface area contributed by atoms with Gasteiger partial charge in [-0.3, -0.25) is 8.42 Å². The smallest absolute Gasteiger partial charge is 0.110 e. The maximum Gasteiger partial charge on any atom is 0.110 e. The van der Waals surface area contributed by atoms with Crippen LogP contribution in [-0.4, -0.2) is 13.5 Å². The van der Waals surface area contributed by atoms with Crippen molar-refractivity contribution in [3.8, 4) is 0 Å². The maximum atomic E-state index is 11.7. The van der Waals surface area contributed by atoms with E-state index in [4.69, 9.17) is 0 Å². The highest BCUT2D eigenvalue weighted by Crippen LogP contribution is 2.19. The molecule has 0 aliphatic heterocycles. The molecule has 0 saturated carbocycles. The summed E-state index contributed by atoms with van der Waals surface area (Å²) in [5.74, 6) is 0. The van der Waals surface area contributed by atoms with Crippen LogP contribution in [0.3, 0.4) is 0 Å². The molecule has 0 spiro atoms. The molecule has 2 nitrogen and oxygen atoms in total. The van der Waals surface area contributed by atoms with E-state index in [9.17, 15) is 8.42 Å². The third-order valence-electron chi connectivity index (χ3n) is 1.65. The van der Waals surface area contributed by atoms with Gasteiger partial charge in [-0.15, -0.1) is 22.7 Å². The van der Waals surface area contributed by atoms with Gasteiger partial charge in [0.25, 0.3) is 0 Å². The van der Waals surface area contributed by atoms with Gasteiger partial charge in [-0.05, 0) is 22.9 Å². The van der Waals surface area contributed by atoms with Gasteiger partial charge in [-0.25, -0.2) is 0 Å². The quantitative estimate of drug-likeness (QED) is 0.860.